The Hall–Kier alpha value is -3.27. The summed E-state index contributed by atoms with van der Waals surface area (Å²) in [6.45, 7) is 12.8. The molecule has 0 bridgehead atoms. The highest BCUT2D eigenvalue weighted by atomic mass is 32.1. The van der Waals surface area contributed by atoms with Crippen LogP contribution in [0.3, 0.4) is 0 Å². The third-order valence-electron chi connectivity index (χ3n) is 7.03. The van der Waals surface area contributed by atoms with Crippen LogP contribution in [0, 0.1) is 24.7 Å². The molecule has 0 fully saturated rings. The highest BCUT2D eigenvalue weighted by Gasteiger charge is 2.32. The number of hydrogen-bond donors (Lipinski definition) is 2. The number of aliphatic carboxylic acids is 1. The van der Waals surface area contributed by atoms with Crippen LogP contribution in [0.25, 0.3) is 0 Å². The van der Waals surface area contributed by atoms with Crippen LogP contribution in [0.5, 0.6) is 0 Å². The molecule has 0 saturated carbocycles. The molecular formula is C31H45N3O6S. The summed E-state index contributed by atoms with van der Waals surface area (Å²) in [5.41, 5.74) is 1.20. The van der Waals surface area contributed by atoms with Crippen molar-refractivity contribution in [2.24, 2.45) is 17.8 Å². The third-order valence-corrected chi connectivity index (χ3v) is 8.09. The van der Waals surface area contributed by atoms with E-state index in [1.54, 1.807) is 25.8 Å². The van der Waals surface area contributed by atoms with Gasteiger partial charge in [0.25, 0.3) is 5.91 Å². The third kappa shape index (κ3) is 10.6. The number of nitrogens with one attached hydrogen (secondary N) is 1. The number of rotatable bonds is 15. The Balaban J connectivity index is 2.32. The molecule has 0 radical (unpaired) electrons. The van der Waals surface area contributed by atoms with Gasteiger partial charge in [0.15, 0.2) is 6.10 Å². The van der Waals surface area contributed by atoms with Gasteiger partial charge in [-0.1, -0.05) is 65.0 Å². The van der Waals surface area contributed by atoms with Gasteiger partial charge in [0.1, 0.15) is 10.7 Å². The van der Waals surface area contributed by atoms with Crippen LogP contribution < -0.4 is 5.32 Å². The molecule has 4 atom stereocenters. The van der Waals surface area contributed by atoms with E-state index in [0.717, 1.165) is 5.56 Å². The fourth-order valence-electron chi connectivity index (χ4n) is 4.81. The number of aryl methyl sites for hydroxylation is 1. The van der Waals surface area contributed by atoms with Gasteiger partial charge in [-0.15, -0.1) is 11.3 Å². The van der Waals surface area contributed by atoms with Crippen LogP contribution >= 0.6 is 11.3 Å². The van der Waals surface area contributed by atoms with Crippen LogP contribution in [0.4, 0.5) is 0 Å². The normalized spacial score (nSPS) is 14.3. The number of nitrogens with zero attached hydrogens (tertiary/aromatic N) is 2. The molecule has 0 aliphatic rings. The Labute approximate surface area is 247 Å². The van der Waals surface area contributed by atoms with E-state index in [1.807, 2.05) is 58.0 Å². The number of carboxylic acids is 1. The number of aromatic nitrogens is 1. The number of esters is 1. The quantitative estimate of drug-likeness (QED) is 0.266. The van der Waals surface area contributed by atoms with Crippen LogP contribution in [-0.2, 0) is 25.5 Å². The molecule has 0 saturated heterocycles. The molecular weight excluding hydrogens is 542 g/mol. The predicted molar refractivity (Wildman–Crippen MR) is 160 cm³/mol. The zero-order valence-corrected chi connectivity index (χ0v) is 26.3. The van der Waals surface area contributed by atoms with E-state index >= 15 is 0 Å². The molecule has 10 heteroatoms. The number of ether oxygens (including phenoxy) is 1. The second-order valence-corrected chi connectivity index (χ2v) is 12.8. The van der Waals surface area contributed by atoms with Crippen molar-refractivity contribution in [1.82, 2.24) is 15.2 Å². The highest BCUT2D eigenvalue weighted by Crippen LogP contribution is 2.32. The van der Waals surface area contributed by atoms with E-state index in [0.29, 0.717) is 29.1 Å². The number of amides is 2. The minimum absolute atomic E-state index is 0.0238. The molecule has 0 aliphatic heterocycles. The maximum Gasteiger partial charge on any atom is 0.306 e. The first kappa shape index (κ1) is 33.9. The lowest BCUT2D eigenvalue weighted by Gasteiger charge is -2.34. The summed E-state index contributed by atoms with van der Waals surface area (Å²) in [5.74, 6) is -2.12. The molecule has 226 valence electrons. The van der Waals surface area contributed by atoms with Crippen LogP contribution in [-0.4, -0.2) is 57.9 Å². The fourth-order valence-corrected chi connectivity index (χ4v) is 5.77. The smallest absolute Gasteiger partial charge is 0.306 e. The molecule has 2 rings (SSSR count). The second-order valence-electron chi connectivity index (χ2n) is 11.5. The Morgan fingerprint density at radius 3 is 2.22 bits per heavy atom. The van der Waals surface area contributed by atoms with Crippen LogP contribution in [0.15, 0.2) is 30.3 Å². The topological polar surface area (TPSA) is 126 Å². The Morgan fingerprint density at radius 2 is 1.68 bits per heavy atom. The van der Waals surface area contributed by atoms with Gasteiger partial charge in [-0.2, -0.15) is 0 Å². The van der Waals surface area contributed by atoms with Crippen molar-refractivity contribution >= 4 is 35.1 Å². The lowest BCUT2D eigenvalue weighted by Crippen LogP contribution is -2.42. The molecule has 2 amide bonds. The van der Waals surface area contributed by atoms with Crippen molar-refractivity contribution in [3.05, 3.63) is 51.5 Å². The maximum atomic E-state index is 13.4. The molecule has 2 N–H and O–H groups in total. The van der Waals surface area contributed by atoms with Crippen molar-refractivity contribution in [2.75, 3.05) is 7.05 Å². The van der Waals surface area contributed by atoms with E-state index in [-0.39, 0.29) is 35.9 Å². The Bertz CT molecular complexity index is 1180. The second kappa shape index (κ2) is 15.7. The summed E-state index contributed by atoms with van der Waals surface area (Å²) in [7, 11) is 1.77. The molecule has 2 aromatic rings. The summed E-state index contributed by atoms with van der Waals surface area (Å²) in [4.78, 5) is 56.9. The SMILES string of the molecule is CC(=O)O[C@H](CC(C(C)C)N(C)C(=O)CC(C)C)c1nc(C(=O)N[C@@H](Cc2ccccc2)C[C@H](C)C(=O)O)c(C)s1. The van der Waals surface area contributed by atoms with E-state index in [1.165, 1.54) is 18.3 Å². The Kier molecular flexibility index (Phi) is 13.0. The van der Waals surface area contributed by atoms with Gasteiger partial charge >= 0.3 is 11.9 Å². The van der Waals surface area contributed by atoms with E-state index < -0.39 is 35.9 Å². The van der Waals surface area contributed by atoms with Crippen molar-refractivity contribution < 1.29 is 29.0 Å². The van der Waals surface area contributed by atoms with Gasteiger partial charge in [-0.05, 0) is 37.2 Å². The number of hydrogen-bond acceptors (Lipinski definition) is 7. The van der Waals surface area contributed by atoms with E-state index in [2.05, 4.69) is 10.3 Å². The molecule has 1 aromatic carbocycles. The van der Waals surface area contributed by atoms with Gasteiger partial charge in [-0.3, -0.25) is 19.2 Å². The molecule has 1 aromatic heterocycles. The molecule has 1 unspecified atom stereocenters. The zero-order valence-electron chi connectivity index (χ0n) is 25.5. The summed E-state index contributed by atoms with van der Waals surface area (Å²) in [6.07, 6.45) is 0.770. The highest BCUT2D eigenvalue weighted by molar-refractivity contribution is 7.12. The molecule has 9 nitrogen and oxygen atoms in total. The molecule has 1 heterocycles. The van der Waals surface area contributed by atoms with Gasteiger partial charge in [0.2, 0.25) is 5.91 Å². The molecule has 0 spiro atoms. The number of benzene rings is 1. The van der Waals surface area contributed by atoms with Crippen molar-refractivity contribution in [1.29, 1.82) is 0 Å². The number of carboxylic acid groups (broad SMARTS) is 1. The van der Waals surface area contributed by atoms with Crippen LogP contribution in [0.1, 0.15) is 92.8 Å². The summed E-state index contributed by atoms with van der Waals surface area (Å²) in [6, 6.07) is 8.95. The fraction of sp³-hybridized carbons (Fsp3) is 0.581. The molecule has 0 aliphatic carbocycles. The predicted octanol–water partition coefficient (Wildman–Crippen LogP) is 5.43. The van der Waals surface area contributed by atoms with Crippen molar-refractivity contribution in [2.45, 2.75) is 92.3 Å². The maximum absolute atomic E-state index is 13.4. The average molecular weight is 588 g/mol. The van der Waals surface area contributed by atoms with E-state index in [9.17, 15) is 24.3 Å². The van der Waals surface area contributed by atoms with Gasteiger partial charge in [-0.25, -0.2) is 4.98 Å². The lowest BCUT2D eigenvalue weighted by atomic mass is 9.95. The first-order valence-electron chi connectivity index (χ1n) is 14.2. The van der Waals surface area contributed by atoms with E-state index in [4.69, 9.17) is 4.74 Å². The summed E-state index contributed by atoms with van der Waals surface area (Å²) >= 11 is 1.28. The largest absolute Gasteiger partial charge is 0.481 e. The summed E-state index contributed by atoms with van der Waals surface area (Å²) in [5, 5.41) is 12.9. The summed E-state index contributed by atoms with van der Waals surface area (Å²) < 4.78 is 5.69. The zero-order chi connectivity index (χ0) is 30.9. The van der Waals surface area contributed by atoms with Crippen molar-refractivity contribution in [3.8, 4) is 0 Å². The molecule has 41 heavy (non-hydrogen) atoms. The Morgan fingerprint density at radius 1 is 1.05 bits per heavy atom. The lowest BCUT2D eigenvalue weighted by molar-refractivity contribution is -0.148. The van der Waals surface area contributed by atoms with Crippen LogP contribution in [0.2, 0.25) is 0 Å². The first-order chi connectivity index (χ1) is 19.2. The number of carbonyl (C=O) groups excluding carboxylic acids is 3. The minimum Gasteiger partial charge on any atom is -0.481 e. The number of carbonyl (C=O) groups is 4. The van der Waals surface area contributed by atoms with Gasteiger partial charge in [0, 0.05) is 43.8 Å². The van der Waals surface area contributed by atoms with Gasteiger partial charge < -0.3 is 20.1 Å². The average Bonchev–Trinajstić information content (AvgIpc) is 3.27. The monoisotopic (exact) mass is 587 g/mol. The standard InChI is InChI=1S/C31H45N3O6S/c1-18(2)14-27(36)34(8)25(19(3)4)17-26(40-22(7)35)30-33-28(21(6)41-30)29(37)32-24(15-20(5)31(38)39)16-23-12-10-9-11-13-23/h9-13,18-20,24-26H,14-17H2,1-8H3,(H,32,37)(H,38,39)/t20-,24+,25?,26+/m0/s1. The van der Waals surface area contributed by atoms with Crippen molar-refractivity contribution in [3.63, 3.8) is 0 Å². The minimum atomic E-state index is -0.926. The first-order valence-corrected chi connectivity index (χ1v) is 15.0. The van der Waals surface area contributed by atoms with Gasteiger partial charge in [0.05, 0.1) is 5.92 Å². The number of thiazole rings is 1.